The highest BCUT2D eigenvalue weighted by atomic mass is 32.2. The number of rotatable bonds is 11. The monoisotopic (exact) mass is 543 g/mol. The standard InChI is InChI=1S/C27H37N5O3S2/c1-8-31(9-2)37(34,35)21-13-10-12-20(16-21)26-29-30-27(36-19(7)25(28)33)32(26)24-22(17(3)4)14-11-15-23(24)18(5)6/h10-19H,8-9H2,1-7H3,(H2,28,33)/t19-/m0/s1. The van der Waals surface area contributed by atoms with Gasteiger partial charge in [0, 0.05) is 18.7 Å². The summed E-state index contributed by atoms with van der Waals surface area (Å²) in [5, 5.41) is 8.97. The second-order valence-corrected chi connectivity index (χ2v) is 12.8. The van der Waals surface area contributed by atoms with Gasteiger partial charge in [0.25, 0.3) is 0 Å². The maximum Gasteiger partial charge on any atom is 0.243 e. The number of primary amides is 1. The fourth-order valence-electron chi connectivity index (χ4n) is 4.23. The summed E-state index contributed by atoms with van der Waals surface area (Å²) in [7, 11) is -3.67. The van der Waals surface area contributed by atoms with Crippen LogP contribution in [-0.2, 0) is 14.8 Å². The molecule has 1 heterocycles. The van der Waals surface area contributed by atoms with Crippen LogP contribution in [0.25, 0.3) is 17.1 Å². The van der Waals surface area contributed by atoms with E-state index in [4.69, 9.17) is 5.73 Å². The van der Waals surface area contributed by atoms with Crippen LogP contribution >= 0.6 is 11.8 Å². The van der Waals surface area contributed by atoms with E-state index in [1.807, 2.05) is 30.5 Å². The summed E-state index contributed by atoms with van der Waals surface area (Å²) >= 11 is 1.24. The third-order valence-corrected chi connectivity index (χ3v) is 9.42. The first-order valence-electron chi connectivity index (χ1n) is 12.6. The lowest BCUT2D eigenvalue weighted by Gasteiger charge is -2.23. The largest absolute Gasteiger partial charge is 0.369 e. The summed E-state index contributed by atoms with van der Waals surface area (Å²) in [6, 6.07) is 13.0. The van der Waals surface area contributed by atoms with Crippen molar-refractivity contribution in [3.05, 3.63) is 53.6 Å². The fourth-order valence-corrected chi connectivity index (χ4v) is 6.54. The highest BCUT2D eigenvalue weighted by molar-refractivity contribution is 8.00. The molecule has 2 N–H and O–H groups in total. The predicted octanol–water partition coefficient (Wildman–Crippen LogP) is 5.18. The summed E-state index contributed by atoms with van der Waals surface area (Å²) in [4.78, 5) is 12.1. The van der Waals surface area contributed by atoms with Crippen LogP contribution in [0.2, 0.25) is 0 Å². The van der Waals surface area contributed by atoms with Gasteiger partial charge in [0.15, 0.2) is 11.0 Å². The van der Waals surface area contributed by atoms with Gasteiger partial charge >= 0.3 is 0 Å². The Bertz CT molecular complexity index is 1340. The van der Waals surface area contributed by atoms with Gasteiger partial charge in [-0.1, -0.05) is 83.6 Å². The number of hydrogen-bond donors (Lipinski definition) is 1. The van der Waals surface area contributed by atoms with Gasteiger partial charge in [-0.05, 0) is 42.0 Å². The van der Waals surface area contributed by atoms with E-state index in [2.05, 4.69) is 50.0 Å². The minimum Gasteiger partial charge on any atom is -0.369 e. The second kappa shape index (κ2) is 11.8. The van der Waals surface area contributed by atoms with Crippen molar-refractivity contribution in [3.8, 4) is 17.1 Å². The van der Waals surface area contributed by atoms with Crippen molar-refractivity contribution >= 4 is 27.7 Å². The fraction of sp³-hybridized carbons (Fsp3) is 0.444. The second-order valence-electron chi connectivity index (χ2n) is 9.52. The number of nitrogens with zero attached hydrogens (tertiary/aromatic N) is 4. The van der Waals surface area contributed by atoms with E-state index in [1.165, 1.54) is 16.1 Å². The highest BCUT2D eigenvalue weighted by Gasteiger charge is 2.27. The molecule has 0 aliphatic heterocycles. The molecule has 1 atom stereocenters. The summed E-state index contributed by atoms with van der Waals surface area (Å²) < 4.78 is 29.9. The molecule has 3 rings (SSSR count). The summed E-state index contributed by atoms with van der Waals surface area (Å²) in [6.45, 7) is 14.6. The van der Waals surface area contributed by atoms with E-state index in [0.29, 0.717) is 29.6 Å². The molecule has 0 radical (unpaired) electrons. The Morgan fingerprint density at radius 1 is 0.973 bits per heavy atom. The summed E-state index contributed by atoms with van der Waals surface area (Å²) in [6.07, 6.45) is 0. The maximum atomic E-state index is 13.3. The van der Waals surface area contributed by atoms with Crippen LogP contribution in [0.3, 0.4) is 0 Å². The van der Waals surface area contributed by atoms with Gasteiger partial charge in [0.2, 0.25) is 15.9 Å². The first-order chi connectivity index (χ1) is 17.4. The van der Waals surface area contributed by atoms with Gasteiger partial charge in [0.1, 0.15) is 0 Å². The molecule has 0 bridgehead atoms. The molecule has 0 aliphatic rings. The van der Waals surface area contributed by atoms with Crippen LogP contribution in [0.1, 0.15) is 71.4 Å². The minimum atomic E-state index is -3.67. The molecule has 1 amide bonds. The molecule has 1 aromatic heterocycles. The van der Waals surface area contributed by atoms with Crippen molar-refractivity contribution < 1.29 is 13.2 Å². The SMILES string of the molecule is CCN(CC)S(=O)(=O)c1cccc(-c2nnc(S[C@@H](C)C(N)=O)n2-c2c(C(C)C)cccc2C(C)C)c1. The van der Waals surface area contributed by atoms with E-state index in [9.17, 15) is 13.2 Å². The Kier molecular flexibility index (Phi) is 9.20. The molecule has 0 fully saturated rings. The molecular weight excluding hydrogens is 506 g/mol. The molecular formula is C27H37N5O3S2. The molecule has 3 aromatic rings. The topological polar surface area (TPSA) is 111 Å². The van der Waals surface area contributed by atoms with Crippen LogP contribution in [0.5, 0.6) is 0 Å². The van der Waals surface area contributed by atoms with Crippen LogP contribution < -0.4 is 5.73 Å². The van der Waals surface area contributed by atoms with Gasteiger partial charge < -0.3 is 5.73 Å². The Morgan fingerprint density at radius 3 is 2.05 bits per heavy atom. The van der Waals surface area contributed by atoms with Crippen LogP contribution in [0.4, 0.5) is 0 Å². The molecule has 0 aliphatic carbocycles. The summed E-state index contributed by atoms with van der Waals surface area (Å²) in [5.74, 6) is 0.454. The quantitative estimate of drug-likeness (QED) is 0.334. The zero-order valence-corrected chi connectivity index (χ0v) is 24.2. The van der Waals surface area contributed by atoms with Crippen molar-refractivity contribution in [1.29, 1.82) is 0 Å². The first-order valence-corrected chi connectivity index (χ1v) is 14.9. The smallest absolute Gasteiger partial charge is 0.243 e. The third kappa shape index (κ3) is 5.91. The normalized spacial score (nSPS) is 13.0. The number of amides is 1. The van der Waals surface area contributed by atoms with Crippen LogP contribution in [-0.4, -0.2) is 51.7 Å². The average Bonchev–Trinajstić information content (AvgIpc) is 3.27. The Morgan fingerprint density at radius 2 is 1.54 bits per heavy atom. The van der Waals surface area contributed by atoms with Crippen molar-refractivity contribution in [2.24, 2.45) is 5.73 Å². The number of carbonyl (C=O) groups is 1. The van der Waals surface area contributed by atoms with E-state index >= 15 is 0 Å². The average molecular weight is 544 g/mol. The number of sulfonamides is 1. The third-order valence-electron chi connectivity index (χ3n) is 6.32. The number of aromatic nitrogens is 3. The molecule has 0 unspecified atom stereocenters. The van der Waals surface area contributed by atoms with Crippen molar-refractivity contribution in [2.45, 2.75) is 75.6 Å². The molecule has 8 nitrogen and oxygen atoms in total. The lowest BCUT2D eigenvalue weighted by atomic mass is 9.92. The number of thioether (sulfide) groups is 1. The Labute approximate surface area is 224 Å². The summed E-state index contributed by atoms with van der Waals surface area (Å²) in [5.41, 5.74) is 9.36. The number of para-hydroxylation sites is 1. The molecule has 200 valence electrons. The minimum absolute atomic E-state index is 0.198. The number of benzene rings is 2. The lowest BCUT2D eigenvalue weighted by Crippen LogP contribution is -2.30. The van der Waals surface area contributed by atoms with Gasteiger partial charge in [-0.25, -0.2) is 8.42 Å². The number of nitrogens with two attached hydrogens (primary N) is 1. The highest BCUT2D eigenvalue weighted by Crippen LogP contribution is 2.38. The molecule has 0 saturated carbocycles. The maximum absolute atomic E-state index is 13.3. The number of carbonyl (C=O) groups excluding carboxylic acids is 1. The predicted molar refractivity (Wildman–Crippen MR) is 150 cm³/mol. The Balaban J connectivity index is 2.34. The number of hydrogen-bond acceptors (Lipinski definition) is 6. The van der Waals surface area contributed by atoms with Gasteiger partial charge in [-0.15, -0.1) is 10.2 Å². The molecule has 0 saturated heterocycles. The van der Waals surface area contributed by atoms with Crippen LogP contribution in [0.15, 0.2) is 52.5 Å². The van der Waals surface area contributed by atoms with E-state index < -0.39 is 21.2 Å². The van der Waals surface area contributed by atoms with Crippen molar-refractivity contribution in [1.82, 2.24) is 19.1 Å². The van der Waals surface area contributed by atoms with E-state index in [1.54, 1.807) is 25.1 Å². The molecule has 37 heavy (non-hydrogen) atoms. The van der Waals surface area contributed by atoms with Gasteiger partial charge in [-0.3, -0.25) is 9.36 Å². The lowest BCUT2D eigenvalue weighted by molar-refractivity contribution is -0.117. The zero-order chi connectivity index (χ0) is 27.5. The molecule has 0 spiro atoms. The Hall–Kier alpha value is -2.69. The van der Waals surface area contributed by atoms with Crippen molar-refractivity contribution in [2.75, 3.05) is 13.1 Å². The van der Waals surface area contributed by atoms with Gasteiger partial charge in [0.05, 0.1) is 15.8 Å². The van der Waals surface area contributed by atoms with Crippen LogP contribution in [0, 0.1) is 0 Å². The van der Waals surface area contributed by atoms with Gasteiger partial charge in [-0.2, -0.15) is 4.31 Å². The molecule has 2 aromatic carbocycles. The van der Waals surface area contributed by atoms with Crippen molar-refractivity contribution in [3.63, 3.8) is 0 Å². The zero-order valence-electron chi connectivity index (χ0n) is 22.6. The van der Waals surface area contributed by atoms with E-state index in [0.717, 1.165) is 16.8 Å². The first kappa shape index (κ1) is 28.9. The molecule has 10 heteroatoms. The van der Waals surface area contributed by atoms with E-state index in [-0.39, 0.29) is 16.7 Å².